The quantitative estimate of drug-likeness (QED) is 0.297. The number of carbonyl (C=O) groups is 1. The smallest absolute Gasteiger partial charge is 0.412 e. The Labute approximate surface area is 216 Å². The molecule has 7 nitrogen and oxygen atoms in total. The molecule has 1 aliphatic heterocycles. The fraction of sp³-hybridized carbons (Fsp3) is 0.300. The van der Waals surface area contributed by atoms with Gasteiger partial charge in [0, 0.05) is 35.2 Å². The third-order valence-corrected chi connectivity index (χ3v) is 7.08. The number of carbonyl (C=O) groups excluding carboxylic acids is 1. The van der Waals surface area contributed by atoms with Gasteiger partial charge in [0.25, 0.3) is 0 Å². The van der Waals surface area contributed by atoms with Gasteiger partial charge in [-0.25, -0.2) is 4.79 Å². The number of hydrogen-bond donors (Lipinski definition) is 2. The topological polar surface area (TPSA) is 87.7 Å². The lowest BCUT2D eigenvalue weighted by atomic mass is 10.1. The molecule has 1 aliphatic carbocycles. The number of nitrogens with zero attached hydrogens (tertiary/aromatic N) is 1. The van der Waals surface area contributed by atoms with Gasteiger partial charge < -0.3 is 24.5 Å². The second-order valence-electron chi connectivity index (χ2n) is 9.81. The van der Waals surface area contributed by atoms with Crippen molar-refractivity contribution in [3.63, 3.8) is 0 Å². The molecule has 2 aliphatic rings. The second kappa shape index (κ2) is 9.82. The third kappa shape index (κ3) is 4.87. The van der Waals surface area contributed by atoms with Crippen LogP contribution >= 0.6 is 0 Å². The van der Waals surface area contributed by atoms with E-state index in [1.165, 1.54) is 0 Å². The molecular weight excluding hydrogens is 466 g/mol. The first-order valence-corrected chi connectivity index (χ1v) is 12.9. The molecule has 2 unspecified atom stereocenters. The van der Waals surface area contributed by atoms with E-state index in [0.29, 0.717) is 18.3 Å². The molecule has 0 spiro atoms. The average Bonchev–Trinajstić information content (AvgIpc) is 3.54. The van der Waals surface area contributed by atoms with E-state index in [0.717, 1.165) is 65.0 Å². The molecule has 190 valence electrons. The summed E-state index contributed by atoms with van der Waals surface area (Å²) in [5, 5.41) is 3.85. The lowest BCUT2D eigenvalue weighted by Gasteiger charge is -2.15. The Balaban J connectivity index is 1.23. The molecule has 2 heterocycles. The summed E-state index contributed by atoms with van der Waals surface area (Å²) in [4.78, 5) is 12.5. The third-order valence-electron chi connectivity index (χ3n) is 7.08. The summed E-state index contributed by atoms with van der Waals surface area (Å²) >= 11 is 0. The standard InChI is InChI=1S/C30H31N3O4/c1-19(20-5-3-2-4-6-20)36-30(34)32-22-9-7-21(8-10-22)29-28(31)26-14-13-24(37-25-15-16-35-18-25)17-27(26)33(29)23-11-12-23/h2-10,13-14,17,19,23,25H,11-12,15-16,18,31H2,1H3,(H,32,34). The predicted molar refractivity (Wildman–Crippen MR) is 145 cm³/mol. The Bertz CT molecular complexity index is 1400. The minimum absolute atomic E-state index is 0.0982. The largest absolute Gasteiger partial charge is 0.488 e. The van der Waals surface area contributed by atoms with E-state index in [2.05, 4.69) is 22.0 Å². The number of nitrogens with two attached hydrogens (primary N) is 1. The van der Waals surface area contributed by atoms with Crippen LogP contribution in [0.4, 0.5) is 16.2 Å². The first kappa shape index (κ1) is 23.4. The fourth-order valence-electron chi connectivity index (χ4n) is 5.01. The Morgan fingerprint density at radius 3 is 2.54 bits per heavy atom. The average molecular weight is 498 g/mol. The minimum Gasteiger partial charge on any atom is -0.488 e. The first-order chi connectivity index (χ1) is 18.1. The monoisotopic (exact) mass is 497 g/mol. The van der Waals surface area contributed by atoms with Crippen molar-refractivity contribution in [1.29, 1.82) is 0 Å². The molecule has 7 heteroatoms. The summed E-state index contributed by atoms with van der Waals surface area (Å²) in [6.07, 6.45) is 2.43. The summed E-state index contributed by atoms with van der Waals surface area (Å²) in [5.41, 5.74) is 12.2. The molecule has 1 amide bonds. The Morgan fingerprint density at radius 1 is 1.05 bits per heavy atom. The van der Waals surface area contributed by atoms with Crippen LogP contribution in [0, 0.1) is 0 Å². The molecule has 4 aromatic rings. The summed E-state index contributed by atoms with van der Waals surface area (Å²) in [7, 11) is 0. The van der Waals surface area contributed by atoms with Crippen molar-refractivity contribution in [2.24, 2.45) is 0 Å². The van der Waals surface area contributed by atoms with Crippen LogP contribution in [0.2, 0.25) is 0 Å². The molecule has 6 rings (SSSR count). The Kier molecular flexibility index (Phi) is 6.22. The Morgan fingerprint density at radius 2 is 1.84 bits per heavy atom. The highest BCUT2D eigenvalue weighted by molar-refractivity contribution is 6.02. The number of amides is 1. The van der Waals surface area contributed by atoms with Gasteiger partial charge in [-0.2, -0.15) is 0 Å². The van der Waals surface area contributed by atoms with Gasteiger partial charge in [0.05, 0.1) is 30.1 Å². The zero-order chi connectivity index (χ0) is 25.4. The highest BCUT2D eigenvalue weighted by Crippen LogP contribution is 2.47. The summed E-state index contributed by atoms with van der Waals surface area (Å²) < 4.78 is 19.5. The van der Waals surface area contributed by atoms with Crippen molar-refractivity contribution in [3.05, 3.63) is 78.4 Å². The normalized spacial score (nSPS) is 18.0. The van der Waals surface area contributed by atoms with Crippen molar-refractivity contribution in [2.75, 3.05) is 24.3 Å². The van der Waals surface area contributed by atoms with Crippen LogP contribution in [0.15, 0.2) is 72.8 Å². The van der Waals surface area contributed by atoms with E-state index in [-0.39, 0.29) is 12.2 Å². The number of aromatic nitrogens is 1. The molecule has 2 atom stereocenters. The van der Waals surface area contributed by atoms with E-state index in [1.54, 1.807) is 0 Å². The first-order valence-electron chi connectivity index (χ1n) is 12.9. The molecule has 1 saturated carbocycles. The van der Waals surface area contributed by atoms with Crippen LogP contribution in [-0.4, -0.2) is 30.0 Å². The van der Waals surface area contributed by atoms with Crippen molar-refractivity contribution in [2.45, 2.75) is 44.4 Å². The number of rotatable bonds is 7. The van der Waals surface area contributed by atoms with Gasteiger partial charge in [-0.15, -0.1) is 0 Å². The van der Waals surface area contributed by atoms with Gasteiger partial charge in [-0.05, 0) is 49.6 Å². The van der Waals surface area contributed by atoms with Crippen LogP contribution in [0.5, 0.6) is 5.75 Å². The van der Waals surface area contributed by atoms with Crippen LogP contribution < -0.4 is 15.8 Å². The van der Waals surface area contributed by atoms with Gasteiger partial charge in [0.15, 0.2) is 0 Å². The lowest BCUT2D eigenvalue weighted by Crippen LogP contribution is -2.16. The van der Waals surface area contributed by atoms with E-state index in [9.17, 15) is 4.79 Å². The van der Waals surface area contributed by atoms with E-state index in [4.69, 9.17) is 19.9 Å². The van der Waals surface area contributed by atoms with Gasteiger partial charge >= 0.3 is 6.09 Å². The zero-order valence-electron chi connectivity index (χ0n) is 20.9. The van der Waals surface area contributed by atoms with Crippen LogP contribution in [-0.2, 0) is 9.47 Å². The lowest BCUT2D eigenvalue weighted by molar-refractivity contribution is 0.121. The Hall–Kier alpha value is -3.97. The molecule has 2 fully saturated rings. The zero-order valence-corrected chi connectivity index (χ0v) is 20.9. The molecule has 1 aromatic heterocycles. The second-order valence-corrected chi connectivity index (χ2v) is 9.81. The number of hydrogen-bond acceptors (Lipinski definition) is 5. The highest BCUT2D eigenvalue weighted by atomic mass is 16.6. The van der Waals surface area contributed by atoms with Crippen LogP contribution in [0.25, 0.3) is 22.2 Å². The number of benzene rings is 3. The predicted octanol–water partition coefficient (Wildman–Crippen LogP) is 6.70. The SMILES string of the molecule is CC(OC(=O)Nc1ccc(-c2c(N)c3ccc(OC4CCOC4)cc3n2C2CC2)cc1)c1ccccc1. The summed E-state index contributed by atoms with van der Waals surface area (Å²) in [6.45, 7) is 3.24. The van der Waals surface area contributed by atoms with E-state index in [1.807, 2.05) is 67.6 Å². The van der Waals surface area contributed by atoms with Crippen molar-refractivity contribution >= 4 is 28.4 Å². The summed E-state index contributed by atoms with van der Waals surface area (Å²) in [6, 6.07) is 24.0. The van der Waals surface area contributed by atoms with Crippen molar-refractivity contribution < 1.29 is 19.0 Å². The number of nitrogen functional groups attached to an aromatic ring is 1. The molecule has 3 aromatic carbocycles. The van der Waals surface area contributed by atoms with Crippen LogP contribution in [0.1, 0.15) is 43.9 Å². The molecule has 0 bridgehead atoms. The van der Waals surface area contributed by atoms with Gasteiger partial charge in [-0.3, -0.25) is 5.32 Å². The molecule has 3 N–H and O–H groups in total. The van der Waals surface area contributed by atoms with Crippen LogP contribution in [0.3, 0.4) is 0 Å². The highest BCUT2D eigenvalue weighted by Gasteiger charge is 2.30. The summed E-state index contributed by atoms with van der Waals surface area (Å²) in [5.74, 6) is 0.844. The van der Waals surface area contributed by atoms with Crippen molar-refractivity contribution in [3.8, 4) is 17.0 Å². The molecule has 0 radical (unpaired) electrons. The van der Waals surface area contributed by atoms with E-state index >= 15 is 0 Å². The fourth-order valence-corrected chi connectivity index (χ4v) is 5.01. The van der Waals surface area contributed by atoms with E-state index < -0.39 is 6.09 Å². The van der Waals surface area contributed by atoms with Gasteiger partial charge in [-0.1, -0.05) is 42.5 Å². The number of ether oxygens (including phenoxy) is 3. The molecule has 1 saturated heterocycles. The maximum atomic E-state index is 12.5. The minimum atomic E-state index is -0.490. The molecule has 37 heavy (non-hydrogen) atoms. The maximum Gasteiger partial charge on any atom is 0.412 e. The van der Waals surface area contributed by atoms with Crippen molar-refractivity contribution in [1.82, 2.24) is 4.57 Å². The number of anilines is 2. The molecular formula is C30H31N3O4. The van der Waals surface area contributed by atoms with Gasteiger partial charge in [0.1, 0.15) is 18.0 Å². The maximum absolute atomic E-state index is 12.5. The number of nitrogens with one attached hydrogen (secondary N) is 1. The number of fused-ring (bicyclic) bond motifs is 1. The van der Waals surface area contributed by atoms with Gasteiger partial charge in [0.2, 0.25) is 0 Å².